The minimum absolute atomic E-state index is 0.00818. The highest BCUT2D eigenvalue weighted by Gasteiger charge is 2.36. The summed E-state index contributed by atoms with van der Waals surface area (Å²) in [6.45, 7) is 7.15. The van der Waals surface area contributed by atoms with Gasteiger partial charge in [0.15, 0.2) is 36.3 Å². The molecule has 0 spiro atoms. The monoisotopic (exact) mass is 635 g/mol. The van der Waals surface area contributed by atoms with Crippen LogP contribution in [0.25, 0.3) is 0 Å². The Morgan fingerprint density at radius 3 is 1.76 bits per heavy atom. The van der Waals surface area contributed by atoms with Crippen molar-refractivity contribution >= 4 is 52.0 Å². The Bertz CT molecular complexity index is 1400. The van der Waals surface area contributed by atoms with Gasteiger partial charge in [-0.15, -0.1) is 0 Å². The third kappa shape index (κ3) is 10.8. The molecule has 1 amide bonds. The van der Waals surface area contributed by atoms with Crippen molar-refractivity contribution in [2.45, 2.75) is 65.5 Å². The molecule has 2 aromatic rings. The maximum absolute atomic E-state index is 13.0. The SMILES string of the molecule is Cc1oc(=O)oc1COC(=O)SC[C@H](NC(=O)C(C)(C)SC(=O)OCc1oc(=O)oc1C)C(=O)OCOC(=O)C(C)C. The average Bonchev–Trinajstić information content (AvgIpc) is 3.40. The molecule has 0 aliphatic rings. The first kappa shape index (κ1) is 34.3. The highest BCUT2D eigenvalue weighted by molar-refractivity contribution is 8.15. The molecule has 0 saturated heterocycles. The molecular weight excluding hydrogens is 606 g/mol. The Hall–Kier alpha value is -3.93. The standard InChI is InChI=1S/C24H29NO15S2/c1-11(2)17(26)35-10-36-18(27)14(9-41-22(31)33-7-15-12(3)37-20(29)39-15)25-19(28)24(5,6)42-23(32)34-8-16-13(4)38-21(30)40-16/h11,14H,7-10H2,1-6H3,(H,25,28)/t14-/m0/s1. The Kier molecular flexibility index (Phi) is 12.5. The van der Waals surface area contributed by atoms with Gasteiger partial charge in [0.2, 0.25) is 12.7 Å². The van der Waals surface area contributed by atoms with Gasteiger partial charge in [0.25, 0.3) is 0 Å². The molecule has 0 fully saturated rings. The maximum Gasteiger partial charge on any atom is 0.519 e. The second-order valence-electron chi connectivity index (χ2n) is 9.09. The van der Waals surface area contributed by atoms with Gasteiger partial charge < -0.3 is 41.9 Å². The van der Waals surface area contributed by atoms with Crippen LogP contribution in [0.1, 0.15) is 50.7 Å². The third-order valence-corrected chi connectivity index (χ3v) is 6.86. The normalized spacial score (nSPS) is 12.0. The molecule has 0 unspecified atom stereocenters. The van der Waals surface area contributed by atoms with Crippen LogP contribution in [0.15, 0.2) is 27.3 Å². The predicted molar refractivity (Wildman–Crippen MR) is 142 cm³/mol. The summed E-state index contributed by atoms with van der Waals surface area (Å²) < 4.78 is 37.1. The van der Waals surface area contributed by atoms with Gasteiger partial charge in [-0.3, -0.25) is 9.59 Å². The fraction of sp³-hybridized carbons (Fsp3) is 0.542. The van der Waals surface area contributed by atoms with E-state index in [2.05, 4.69) is 14.2 Å². The molecule has 1 N–H and O–H groups in total. The van der Waals surface area contributed by atoms with Crippen LogP contribution in [0.2, 0.25) is 0 Å². The van der Waals surface area contributed by atoms with E-state index in [0.717, 1.165) is 0 Å². The van der Waals surface area contributed by atoms with Crippen LogP contribution in [0, 0.1) is 19.8 Å². The van der Waals surface area contributed by atoms with Crippen LogP contribution in [0.5, 0.6) is 0 Å². The first-order valence-electron chi connectivity index (χ1n) is 12.1. The van der Waals surface area contributed by atoms with Crippen molar-refractivity contribution < 1.29 is 60.6 Å². The number of nitrogens with one attached hydrogen (secondary N) is 1. The number of thioether (sulfide) groups is 2. The van der Waals surface area contributed by atoms with Crippen LogP contribution < -0.4 is 17.0 Å². The van der Waals surface area contributed by atoms with Crippen molar-refractivity contribution in [3.63, 3.8) is 0 Å². The summed E-state index contributed by atoms with van der Waals surface area (Å²) in [5.41, 5.74) is 0. The summed E-state index contributed by atoms with van der Waals surface area (Å²) in [6.07, 6.45) is 0. The summed E-state index contributed by atoms with van der Waals surface area (Å²) in [5, 5.41) is 0.591. The summed E-state index contributed by atoms with van der Waals surface area (Å²) >= 11 is 0.953. The Morgan fingerprint density at radius 2 is 1.29 bits per heavy atom. The lowest BCUT2D eigenvalue weighted by molar-refractivity contribution is -0.170. The molecule has 0 aliphatic carbocycles. The molecule has 42 heavy (non-hydrogen) atoms. The van der Waals surface area contributed by atoms with Gasteiger partial charge in [0, 0.05) is 5.75 Å². The van der Waals surface area contributed by atoms with Crippen molar-refractivity contribution in [3.8, 4) is 0 Å². The molecule has 0 saturated carbocycles. The van der Waals surface area contributed by atoms with Gasteiger partial charge in [0.05, 0.1) is 10.7 Å². The highest BCUT2D eigenvalue weighted by atomic mass is 32.2. The fourth-order valence-corrected chi connectivity index (χ4v) is 4.00. The number of ether oxygens (including phenoxy) is 4. The molecule has 0 aliphatic heterocycles. The maximum atomic E-state index is 13.0. The number of carbonyl (C=O) groups excluding carboxylic acids is 5. The Labute approximate surface area is 246 Å². The van der Waals surface area contributed by atoms with Crippen molar-refractivity contribution in [2.24, 2.45) is 5.92 Å². The number of carbonyl (C=O) groups is 5. The van der Waals surface area contributed by atoms with Gasteiger partial charge >= 0.3 is 34.2 Å². The summed E-state index contributed by atoms with van der Waals surface area (Å²) in [7, 11) is 0. The van der Waals surface area contributed by atoms with Gasteiger partial charge in [-0.25, -0.2) is 24.0 Å². The van der Waals surface area contributed by atoms with E-state index in [9.17, 15) is 33.6 Å². The number of aryl methyl sites for hydroxylation is 2. The van der Waals surface area contributed by atoms with Crippen molar-refractivity contribution in [3.05, 3.63) is 44.3 Å². The van der Waals surface area contributed by atoms with E-state index >= 15 is 0 Å². The van der Waals surface area contributed by atoms with Crippen LogP contribution in [-0.2, 0) is 46.5 Å². The second kappa shape index (κ2) is 15.3. The predicted octanol–water partition coefficient (Wildman–Crippen LogP) is 2.80. The Balaban J connectivity index is 2.00. The van der Waals surface area contributed by atoms with Crippen LogP contribution in [0.3, 0.4) is 0 Å². The fourth-order valence-electron chi connectivity index (χ4n) is 2.65. The molecule has 2 aromatic heterocycles. The number of esters is 2. The summed E-state index contributed by atoms with van der Waals surface area (Å²) in [6, 6.07) is -1.46. The van der Waals surface area contributed by atoms with E-state index in [-0.39, 0.29) is 28.8 Å². The first-order valence-corrected chi connectivity index (χ1v) is 13.9. The zero-order chi connectivity index (χ0) is 31.6. The molecule has 16 nitrogen and oxygen atoms in total. The lowest BCUT2D eigenvalue weighted by atomic mass is 10.2. The van der Waals surface area contributed by atoms with E-state index in [0.29, 0.717) is 23.5 Å². The van der Waals surface area contributed by atoms with Gasteiger partial charge in [-0.05, 0) is 51.2 Å². The number of amides is 1. The average molecular weight is 636 g/mol. The van der Waals surface area contributed by atoms with Crippen molar-refractivity contribution in [2.75, 3.05) is 12.5 Å². The molecular formula is C24H29NO15S2. The molecule has 232 valence electrons. The Morgan fingerprint density at radius 1 is 0.786 bits per heavy atom. The zero-order valence-corrected chi connectivity index (χ0v) is 25.1. The summed E-state index contributed by atoms with van der Waals surface area (Å²) in [4.78, 5) is 84.2. The van der Waals surface area contributed by atoms with Gasteiger partial charge in [0.1, 0.15) is 6.04 Å². The largest absolute Gasteiger partial charge is 0.519 e. The summed E-state index contributed by atoms with van der Waals surface area (Å²) in [5.74, 6) is -5.10. The molecule has 0 radical (unpaired) electrons. The first-order chi connectivity index (χ1) is 19.6. The molecule has 2 rings (SSSR count). The molecule has 0 aromatic carbocycles. The molecule has 1 atom stereocenters. The second-order valence-corrected chi connectivity index (χ2v) is 11.6. The van der Waals surface area contributed by atoms with Crippen LogP contribution >= 0.6 is 23.5 Å². The molecule has 0 bridgehead atoms. The lowest BCUT2D eigenvalue weighted by Gasteiger charge is -2.25. The van der Waals surface area contributed by atoms with Gasteiger partial charge in [-0.1, -0.05) is 13.8 Å². The smallest absolute Gasteiger partial charge is 0.449 e. The van der Waals surface area contributed by atoms with E-state index < -0.39 is 76.8 Å². The van der Waals surface area contributed by atoms with E-state index in [1.807, 2.05) is 0 Å². The van der Waals surface area contributed by atoms with Crippen LogP contribution in [0.4, 0.5) is 9.59 Å². The van der Waals surface area contributed by atoms with Crippen LogP contribution in [-0.4, -0.2) is 51.8 Å². The van der Waals surface area contributed by atoms with E-state index in [4.69, 9.17) is 27.8 Å². The minimum atomic E-state index is -1.51. The molecule has 18 heteroatoms. The minimum Gasteiger partial charge on any atom is -0.449 e. The highest BCUT2D eigenvalue weighted by Crippen LogP contribution is 2.27. The van der Waals surface area contributed by atoms with E-state index in [1.165, 1.54) is 27.7 Å². The zero-order valence-electron chi connectivity index (χ0n) is 23.4. The lowest BCUT2D eigenvalue weighted by Crippen LogP contribution is -2.50. The molecule has 2 heterocycles. The van der Waals surface area contributed by atoms with Crippen molar-refractivity contribution in [1.82, 2.24) is 5.32 Å². The van der Waals surface area contributed by atoms with Gasteiger partial charge in [-0.2, -0.15) is 0 Å². The topological polar surface area (TPSA) is 221 Å². The number of rotatable bonds is 13. The van der Waals surface area contributed by atoms with E-state index in [1.54, 1.807) is 13.8 Å². The quantitative estimate of drug-likeness (QED) is 0.190. The number of hydrogen-bond acceptors (Lipinski definition) is 17. The third-order valence-electron chi connectivity index (χ3n) is 5.03. The van der Waals surface area contributed by atoms with Crippen molar-refractivity contribution in [1.29, 1.82) is 0 Å². The number of hydrogen-bond donors (Lipinski definition) is 1.